The summed E-state index contributed by atoms with van der Waals surface area (Å²) in [6.07, 6.45) is 31.5. The maximum Gasteiger partial charge on any atom is 0.243 e. The minimum absolute atomic E-state index is 0.0112. The monoisotopic (exact) mass is 836 g/mol. The summed E-state index contributed by atoms with van der Waals surface area (Å²) >= 11 is 0. The fourth-order valence-corrected chi connectivity index (χ4v) is 8.15. The highest BCUT2D eigenvalue weighted by atomic mass is 16.5. The van der Waals surface area contributed by atoms with Crippen LogP contribution in [0.3, 0.4) is 0 Å². The van der Waals surface area contributed by atoms with Crippen molar-refractivity contribution in [2.24, 2.45) is 5.92 Å². The van der Waals surface area contributed by atoms with Crippen molar-refractivity contribution in [3.63, 3.8) is 0 Å². The zero-order valence-electron chi connectivity index (χ0n) is 39.0. The highest BCUT2D eigenvalue weighted by molar-refractivity contribution is 5.88. The molecule has 0 radical (unpaired) electrons. The predicted molar refractivity (Wildman–Crippen MR) is 243 cm³/mol. The molecule has 1 rings (SSSR count). The first-order chi connectivity index (χ1) is 28.7. The van der Waals surface area contributed by atoms with Crippen LogP contribution in [0.15, 0.2) is 0 Å². The van der Waals surface area contributed by atoms with Gasteiger partial charge in [-0.2, -0.15) is 0 Å². The van der Waals surface area contributed by atoms with Crippen LogP contribution in [-0.4, -0.2) is 112 Å². The van der Waals surface area contributed by atoms with Gasteiger partial charge in [-0.25, -0.2) is 0 Å². The third kappa shape index (κ3) is 30.4. The van der Waals surface area contributed by atoms with Crippen LogP contribution in [0, 0.1) is 5.92 Å². The Morgan fingerprint density at radius 2 is 1.08 bits per heavy atom. The van der Waals surface area contributed by atoms with Gasteiger partial charge in [0.25, 0.3) is 0 Å². The molecular formula is C48H93N5O6. The van der Waals surface area contributed by atoms with Gasteiger partial charge < -0.3 is 35.2 Å². The Labute approximate surface area is 362 Å². The van der Waals surface area contributed by atoms with Crippen LogP contribution >= 0.6 is 0 Å². The third-order valence-electron chi connectivity index (χ3n) is 11.9. The molecule has 346 valence electrons. The quantitative estimate of drug-likeness (QED) is 0.0525. The van der Waals surface area contributed by atoms with Gasteiger partial charge >= 0.3 is 0 Å². The van der Waals surface area contributed by atoms with Crippen LogP contribution in [0.2, 0.25) is 0 Å². The zero-order valence-corrected chi connectivity index (χ0v) is 39.0. The van der Waals surface area contributed by atoms with E-state index in [9.17, 15) is 19.2 Å². The van der Waals surface area contributed by atoms with Crippen molar-refractivity contribution in [3.05, 3.63) is 0 Å². The lowest BCUT2D eigenvalue weighted by atomic mass is 9.99. The molecular weight excluding hydrogens is 743 g/mol. The lowest BCUT2D eigenvalue weighted by molar-refractivity contribution is -0.142. The maximum atomic E-state index is 13.7. The van der Waals surface area contributed by atoms with Crippen molar-refractivity contribution < 1.29 is 28.7 Å². The molecule has 2 atom stereocenters. The minimum Gasteiger partial charge on any atom is -0.377 e. The molecule has 59 heavy (non-hydrogen) atoms. The number of carbonyl (C=O) groups is 4. The Morgan fingerprint density at radius 1 is 0.610 bits per heavy atom. The van der Waals surface area contributed by atoms with Gasteiger partial charge in [0, 0.05) is 38.5 Å². The molecule has 2 unspecified atom stereocenters. The number of hydrogen-bond acceptors (Lipinski definition) is 7. The highest BCUT2D eigenvalue weighted by Gasteiger charge is 2.33. The molecule has 1 heterocycles. The van der Waals surface area contributed by atoms with E-state index >= 15 is 0 Å². The van der Waals surface area contributed by atoms with Crippen molar-refractivity contribution in [1.29, 1.82) is 0 Å². The van der Waals surface area contributed by atoms with E-state index in [0.29, 0.717) is 64.9 Å². The van der Waals surface area contributed by atoms with Gasteiger partial charge in [-0.15, -0.1) is 0 Å². The van der Waals surface area contributed by atoms with Crippen LogP contribution in [0.1, 0.15) is 201 Å². The number of hydrogen-bond donors (Lipinski definition) is 3. The van der Waals surface area contributed by atoms with Gasteiger partial charge in [0.05, 0.1) is 33.0 Å². The molecule has 0 aromatic carbocycles. The molecule has 0 spiro atoms. The molecule has 4 amide bonds. The van der Waals surface area contributed by atoms with Crippen molar-refractivity contribution in [2.45, 2.75) is 213 Å². The number of nitrogens with zero attached hydrogens (tertiary/aromatic N) is 2. The van der Waals surface area contributed by atoms with Crippen LogP contribution < -0.4 is 16.0 Å². The molecule has 1 fully saturated rings. The Balaban J connectivity index is 2.24. The Morgan fingerprint density at radius 3 is 1.56 bits per heavy atom. The average Bonchev–Trinajstić information content (AvgIpc) is 3.63. The first-order valence-corrected chi connectivity index (χ1v) is 24.7. The first-order valence-electron chi connectivity index (χ1n) is 24.7. The largest absolute Gasteiger partial charge is 0.377 e. The summed E-state index contributed by atoms with van der Waals surface area (Å²) in [5.74, 6) is -0.337. The second-order valence-corrected chi connectivity index (χ2v) is 17.6. The molecule has 0 aliphatic carbocycles. The molecule has 0 aromatic heterocycles. The molecule has 0 bridgehead atoms. The number of unbranched alkanes of at least 4 members (excludes halogenated alkanes) is 20. The molecule has 0 saturated carbocycles. The molecule has 1 saturated heterocycles. The van der Waals surface area contributed by atoms with E-state index in [1.807, 2.05) is 18.7 Å². The fraction of sp³-hybridized carbons (Fsp3) is 0.917. The Bertz CT molecular complexity index is 1050. The van der Waals surface area contributed by atoms with E-state index < -0.39 is 6.04 Å². The van der Waals surface area contributed by atoms with E-state index in [0.717, 1.165) is 45.1 Å². The Hall–Kier alpha value is -2.24. The van der Waals surface area contributed by atoms with Crippen molar-refractivity contribution >= 4 is 23.6 Å². The lowest BCUT2D eigenvalue weighted by Gasteiger charge is -2.35. The van der Waals surface area contributed by atoms with E-state index in [1.54, 1.807) is 0 Å². The van der Waals surface area contributed by atoms with Gasteiger partial charge in [0.15, 0.2) is 0 Å². The number of carbonyl (C=O) groups excluding carboxylic acids is 4. The summed E-state index contributed by atoms with van der Waals surface area (Å²) < 4.78 is 11.3. The van der Waals surface area contributed by atoms with Gasteiger partial charge in [0.2, 0.25) is 23.6 Å². The van der Waals surface area contributed by atoms with Crippen LogP contribution in [0.25, 0.3) is 0 Å². The number of nitrogens with one attached hydrogen (secondary N) is 3. The minimum atomic E-state index is -0.511. The smallest absolute Gasteiger partial charge is 0.243 e. The lowest BCUT2D eigenvalue weighted by Crippen LogP contribution is -2.53. The van der Waals surface area contributed by atoms with Crippen molar-refractivity contribution in [2.75, 3.05) is 66.2 Å². The van der Waals surface area contributed by atoms with Crippen LogP contribution in [-0.2, 0) is 28.7 Å². The van der Waals surface area contributed by atoms with Gasteiger partial charge in [-0.3, -0.25) is 19.2 Å². The summed E-state index contributed by atoms with van der Waals surface area (Å²) in [5, 5.41) is 8.51. The molecule has 1 aliphatic rings. The first kappa shape index (κ1) is 54.8. The number of likely N-dealkylation sites (tertiary alicyclic amines) is 1. The normalized spacial score (nSPS) is 14.8. The number of ether oxygens (including phenoxy) is 2. The van der Waals surface area contributed by atoms with Gasteiger partial charge in [0.1, 0.15) is 6.04 Å². The predicted octanol–water partition coefficient (Wildman–Crippen LogP) is 9.11. The summed E-state index contributed by atoms with van der Waals surface area (Å²) in [4.78, 5) is 55.8. The zero-order chi connectivity index (χ0) is 43.2. The summed E-state index contributed by atoms with van der Waals surface area (Å²) in [5.41, 5.74) is 0. The van der Waals surface area contributed by atoms with Gasteiger partial charge in [-0.05, 0) is 51.6 Å². The van der Waals surface area contributed by atoms with E-state index in [-0.39, 0.29) is 36.1 Å². The molecule has 1 aliphatic heterocycles. The standard InChI is InChI=1S/C48H93N5O6/c1-6-8-10-12-14-16-18-20-22-24-26-30-44(54)51-41-45(55)49-33-37-58-39-40-59-38-34-50-48(57)47(42(3)4)53(36-32-43-29-28-35-52(43)5)46(56)31-27-25-23-21-19-17-15-13-11-9-7-2/h42-43,47H,6-41H2,1-5H3,(H,49,55)(H,50,57)(H,51,54). The Kier molecular flexibility index (Phi) is 35.9. The summed E-state index contributed by atoms with van der Waals surface area (Å²) in [6.45, 7) is 12.4. The summed E-state index contributed by atoms with van der Waals surface area (Å²) in [7, 11) is 2.16. The van der Waals surface area contributed by atoms with Crippen molar-refractivity contribution in [1.82, 2.24) is 25.8 Å². The number of amides is 4. The second-order valence-electron chi connectivity index (χ2n) is 17.6. The third-order valence-corrected chi connectivity index (χ3v) is 11.9. The van der Waals surface area contributed by atoms with Crippen LogP contribution in [0.5, 0.6) is 0 Å². The molecule has 11 nitrogen and oxygen atoms in total. The second kappa shape index (κ2) is 38.7. The van der Waals surface area contributed by atoms with Gasteiger partial charge in [-0.1, -0.05) is 156 Å². The SMILES string of the molecule is CCCCCCCCCCCCCC(=O)NCC(=O)NCCOCCOCCNC(=O)C(C(C)C)N(CCC1CCCN1C)C(=O)CCCCCCCCCCCCC. The summed E-state index contributed by atoms with van der Waals surface area (Å²) in [6, 6.07) is -0.0559. The van der Waals surface area contributed by atoms with E-state index in [1.165, 1.54) is 122 Å². The maximum absolute atomic E-state index is 13.7. The van der Waals surface area contributed by atoms with Crippen LogP contribution in [0.4, 0.5) is 0 Å². The topological polar surface area (TPSA) is 129 Å². The average molecular weight is 836 g/mol. The highest BCUT2D eigenvalue weighted by Crippen LogP contribution is 2.22. The molecule has 3 N–H and O–H groups in total. The fourth-order valence-electron chi connectivity index (χ4n) is 8.15. The van der Waals surface area contributed by atoms with E-state index in [2.05, 4.69) is 41.7 Å². The molecule has 11 heteroatoms. The van der Waals surface area contributed by atoms with Crippen molar-refractivity contribution in [3.8, 4) is 0 Å². The van der Waals surface area contributed by atoms with E-state index in [4.69, 9.17) is 9.47 Å². The number of rotatable bonds is 41. The molecule has 0 aromatic rings.